The van der Waals surface area contributed by atoms with Gasteiger partial charge in [0.05, 0.1) is 11.6 Å². The molecule has 84 valence electrons. The fourth-order valence-electron chi connectivity index (χ4n) is 2.21. The van der Waals surface area contributed by atoms with Gasteiger partial charge in [-0.25, -0.2) is 0 Å². The topological polar surface area (TPSA) is 23.8 Å². The molecular formula is C16H15N. The highest BCUT2D eigenvalue weighted by Crippen LogP contribution is 2.36. The lowest BCUT2D eigenvalue weighted by Crippen LogP contribution is -1.81. The number of nitrogens with zero attached hydrogens (tertiary/aromatic N) is 1. The van der Waals surface area contributed by atoms with Crippen LogP contribution in [0.4, 0.5) is 0 Å². The average Bonchev–Trinajstić information content (AvgIpc) is 2.78. The maximum atomic E-state index is 8.84. The molecule has 0 saturated heterocycles. The molecule has 1 aliphatic rings. The van der Waals surface area contributed by atoms with Crippen LogP contribution >= 0.6 is 0 Å². The van der Waals surface area contributed by atoms with Crippen LogP contribution < -0.4 is 0 Å². The van der Waals surface area contributed by atoms with E-state index < -0.39 is 0 Å². The molecule has 0 amide bonds. The molecule has 1 nitrogen and oxygen atoms in total. The summed E-state index contributed by atoms with van der Waals surface area (Å²) in [6, 6.07) is 16.6. The Hall–Kier alpha value is -2.07. The van der Waals surface area contributed by atoms with Gasteiger partial charge >= 0.3 is 0 Å². The Labute approximate surface area is 102 Å². The first-order valence-electron chi connectivity index (χ1n) is 6.00. The molecule has 17 heavy (non-hydrogen) atoms. The SMILES string of the molecule is CC.N#Cc1ccc2c(c1)Cc1ccccc1-2. The minimum atomic E-state index is 0.751. The highest BCUT2D eigenvalue weighted by atomic mass is 14.3. The van der Waals surface area contributed by atoms with Crippen molar-refractivity contribution in [2.45, 2.75) is 20.3 Å². The molecule has 0 unspecified atom stereocenters. The molecule has 2 aromatic rings. The molecule has 0 fully saturated rings. The summed E-state index contributed by atoms with van der Waals surface area (Å²) in [6.07, 6.45) is 0.959. The van der Waals surface area contributed by atoms with Gasteiger partial charge in [0.1, 0.15) is 0 Å². The molecule has 3 rings (SSSR count). The van der Waals surface area contributed by atoms with E-state index in [2.05, 4.69) is 36.4 Å². The fourth-order valence-corrected chi connectivity index (χ4v) is 2.21. The maximum absolute atomic E-state index is 8.84. The third-order valence-electron chi connectivity index (χ3n) is 2.92. The van der Waals surface area contributed by atoms with Gasteiger partial charge < -0.3 is 0 Å². The lowest BCUT2D eigenvalue weighted by molar-refractivity contribution is 1.26. The summed E-state index contributed by atoms with van der Waals surface area (Å²) >= 11 is 0. The summed E-state index contributed by atoms with van der Waals surface area (Å²) in [5.41, 5.74) is 5.99. The predicted molar refractivity (Wildman–Crippen MR) is 70.7 cm³/mol. The number of hydrogen-bond acceptors (Lipinski definition) is 1. The first-order valence-corrected chi connectivity index (χ1v) is 6.00. The normalized spacial score (nSPS) is 10.6. The third-order valence-corrected chi connectivity index (χ3v) is 2.92. The number of fused-ring (bicyclic) bond motifs is 3. The zero-order chi connectivity index (χ0) is 12.3. The summed E-state index contributed by atoms with van der Waals surface area (Å²) < 4.78 is 0. The van der Waals surface area contributed by atoms with Crippen LogP contribution in [-0.4, -0.2) is 0 Å². The molecule has 0 saturated carbocycles. The van der Waals surface area contributed by atoms with Crippen LogP contribution in [-0.2, 0) is 6.42 Å². The Morgan fingerprint density at radius 1 is 0.941 bits per heavy atom. The van der Waals surface area contributed by atoms with Crippen LogP contribution in [0.15, 0.2) is 42.5 Å². The largest absolute Gasteiger partial charge is 0.192 e. The van der Waals surface area contributed by atoms with Gasteiger partial charge in [-0.2, -0.15) is 5.26 Å². The van der Waals surface area contributed by atoms with Crippen molar-refractivity contribution in [1.29, 1.82) is 5.26 Å². The second-order valence-electron chi connectivity index (χ2n) is 3.82. The van der Waals surface area contributed by atoms with E-state index in [9.17, 15) is 0 Å². The Kier molecular flexibility index (Phi) is 3.25. The van der Waals surface area contributed by atoms with E-state index in [1.807, 2.05) is 26.0 Å². The highest BCUT2D eigenvalue weighted by Gasteiger charge is 2.17. The van der Waals surface area contributed by atoms with Crippen molar-refractivity contribution in [3.8, 4) is 17.2 Å². The number of rotatable bonds is 0. The van der Waals surface area contributed by atoms with Crippen molar-refractivity contribution >= 4 is 0 Å². The van der Waals surface area contributed by atoms with E-state index >= 15 is 0 Å². The van der Waals surface area contributed by atoms with Crippen molar-refractivity contribution in [1.82, 2.24) is 0 Å². The van der Waals surface area contributed by atoms with Gasteiger partial charge in [0.2, 0.25) is 0 Å². The second-order valence-corrected chi connectivity index (χ2v) is 3.82. The lowest BCUT2D eigenvalue weighted by atomic mass is 10.0. The van der Waals surface area contributed by atoms with Gasteiger partial charge in [-0.3, -0.25) is 0 Å². The quantitative estimate of drug-likeness (QED) is 0.559. The molecular weight excluding hydrogens is 206 g/mol. The molecule has 0 radical (unpaired) electrons. The number of hydrogen-bond donors (Lipinski definition) is 0. The van der Waals surface area contributed by atoms with Crippen molar-refractivity contribution in [2.24, 2.45) is 0 Å². The Morgan fingerprint density at radius 3 is 2.41 bits per heavy atom. The number of benzene rings is 2. The zero-order valence-electron chi connectivity index (χ0n) is 10.2. The summed E-state index contributed by atoms with van der Waals surface area (Å²) in [5, 5.41) is 8.84. The van der Waals surface area contributed by atoms with E-state index in [1.165, 1.54) is 22.3 Å². The van der Waals surface area contributed by atoms with E-state index in [4.69, 9.17) is 5.26 Å². The smallest absolute Gasteiger partial charge is 0.0991 e. The summed E-state index contributed by atoms with van der Waals surface area (Å²) in [7, 11) is 0. The minimum Gasteiger partial charge on any atom is -0.192 e. The summed E-state index contributed by atoms with van der Waals surface area (Å²) in [6.45, 7) is 4.00. The van der Waals surface area contributed by atoms with Crippen molar-refractivity contribution in [3.63, 3.8) is 0 Å². The van der Waals surface area contributed by atoms with Gasteiger partial charge in [0, 0.05) is 0 Å². The van der Waals surface area contributed by atoms with Crippen molar-refractivity contribution < 1.29 is 0 Å². The van der Waals surface area contributed by atoms with E-state index in [0.29, 0.717) is 0 Å². The van der Waals surface area contributed by atoms with Gasteiger partial charge in [0.15, 0.2) is 0 Å². The van der Waals surface area contributed by atoms with E-state index in [-0.39, 0.29) is 0 Å². The molecule has 1 aliphatic carbocycles. The van der Waals surface area contributed by atoms with Crippen LogP contribution in [0.25, 0.3) is 11.1 Å². The van der Waals surface area contributed by atoms with Crippen molar-refractivity contribution in [2.75, 3.05) is 0 Å². The van der Waals surface area contributed by atoms with Gasteiger partial charge in [-0.15, -0.1) is 0 Å². The average molecular weight is 221 g/mol. The highest BCUT2D eigenvalue weighted by molar-refractivity contribution is 5.77. The standard InChI is InChI=1S/C14H9N.C2H6/c15-9-10-5-6-14-12(7-10)8-11-3-1-2-4-13(11)14;1-2/h1-7H,8H2;1-2H3. The molecule has 0 bridgehead atoms. The van der Waals surface area contributed by atoms with Gasteiger partial charge in [-0.05, 0) is 40.8 Å². The molecule has 0 heterocycles. The molecule has 0 aromatic heterocycles. The second kappa shape index (κ2) is 4.84. The Morgan fingerprint density at radius 2 is 1.65 bits per heavy atom. The predicted octanol–water partition coefficient (Wildman–Crippen LogP) is 4.16. The van der Waals surface area contributed by atoms with E-state index in [0.717, 1.165) is 12.0 Å². The summed E-state index contributed by atoms with van der Waals surface area (Å²) in [5.74, 6) is 0. The van der Waals surface area contributed by atoms with Crippen LogP contribution in [0, 0.1) is 11.3 Å². The van der Waals surface area contributed by atoms with Crippen LogP contribution in [0.3, 0.4) is 0 Å². The van der Waals surface area contributed by atoms with E-state index in [1.54, 1.807) is 0 Å². The lowest BCUT2D eigenvalue weighted by Gasteiger charge is -1.99. The molecule has 0 spiro atoms. The maximum Gasteiger partial charge on any atom is 0.0991 e. The first kappa shape index (κ1) is 11.4. The minimum absolute atomic E-state index is 0.751. The fraction of sp³-hybridized carbons (Fsp3) is 0.188. The Bertz CT molecular complexity index is 576. The van der Waals surface area contributed by atoms with Gasteiger partial charge in [0.25, 0.3) is 0 Å². The molecule has 0 aliphatic heterocycles. The van der Waals surface area contributed by atoms with Crippen molar-refractivity contribution in [3.05, 3.63) is 59.2 Å². The number of nitriles is 1. The van der Waals surface area contributed by atoms with Crippen LogP contribution in [0.1, 0.15) is 30.5 Å². The van der Waals surface area contributed by atoms with Crippen LogP contribution in [0.5, 0.6) is 0 Å². The zero-order valence-corrected chi connectivity index (χ0v) is 10.2. The molecule has 0 atom stereocenters. The Balaban J connectivity index is 0.000000514. The van der Waals surface area contributed by atoms with Crippen LogP contribution in [0.2, 0.25) is 0 Å². The monoisotopic (exact) mass is 221 g/mol. The van der Waals surface area contributed by atoms with Gasteiger partial charge in [-0.1, -0.05) is 44.2 Å². The molecule has 1 heteroatoms. The first-order chi connectivity index (χ1) is 8.38. The molecule has 2 aromatic carbocycles. The summed E-state index contributed by atoms with van der Waals surface area (Å²) in [4.78, 5) is 0. The third kappa shape index (κ3) is 1.94. The molecule has 0 N–H and O–H groups in total.